The van der Waals surface area contributed by atoms with Gasteiger partial charge in [-0.15, -0.1) is 0 Å². The fraction of sp³-hybridized carbons (Fsp3) is 0.278. The smallest absolute Gasteiger partial charge is 0.159 e. The van der Waals surface area contributed by atoms with Gasteiger partial charge in [0, 0.05) is 5.56 Å². The van der Waals surface area contributed by atoms with Crippen LogP contribution in [0.5, 0.6) is 5.75 Å². The Morgan fingerprint density at radius 3 is 2.14 bits per heavy atom. The number of ketones is 1. The fourth-order valence-electron chi connectivity index (χ4n) is 2.50. The summed E-state index contributed by atoms with van der Waals surface area (Å²) in [6, 6.07) is 11.6. The third kappa shape index (κ3) is 3.50. The van der Waals surface area contributed by atoms with Crippen LogP contribution in [-0.4, -0.2) is 24.1 Å². The van der Waals surface area contributed by atoms with Crippen LogP contribution in [0.15, 0.2) is 36.4 Å². The minimum atomic E-state index is 0.00630. The number of carbonyl (C=O) groups excluding carboxylic acids is 1. The molecule has 3 heteroatoms. The van der Waals surface area contributed by atoms with Crippen molar-refractivity contribution in [1.29, 1.82) is 0 Å². The van der Waals surface area contributed by atoms with Crippen LogP contribution in [0.4, 0.5) is 0 Å². The van der Waals surface area contributed by atoms with Crippen molar-refractivity contribution in [2.45, 2.75) is 20.8 Å². The minimum Gasteiger partial charge on any atom is -0.491 e. The van der Waals surface area contributed by atoms with Gasteiger partial charge in [-0.2, -0.15) is 0 Å². The topological polar surface area (TPSA) is 46.5 Å². The summed E-state index contributed by atoms with van der Waals surface area (Å²) in [4.78, 5) is 11.3. The summed E-state index contributed by atoms with van der Waals surface area (Å²) in [6.07, 6.45) is 0. The number of aliphatic hydroxyl groups excluding tert-OH is 1. The van der Waals surface area contributed by atoms with Gasteiger partial charge in [0.25, 0.3) is 0 Å². The highest BCUT2D eigenvalue weighted by Crippen LogP contribution is 2.31. The van der Waals surface area contributed by atoms with E-state index in [1.807, 2.05) is 50.2 Å². The lowest BCUT2D eigenvalue weighted by Crippen LogP contribution is -2.02. The average Bonchev–Trinajstić information content (AvgIpc) is 2.45. The summed E-state index contributed by atoms with van der Waals surface area (Å²) in [6.45, 7) is 5.94. The molecule has 0 fully saturated rings. The van der Waals surface area contributed by atoms with E-state index in [1.165, 1.54) is 0 Å². The highest BCUT2D eigenvalue weighted by molar-refractivity contribution is 5.94. The Morgan fingerprint density at radius 1 is 1.10 bits per heavy atom. The van der Waals surface area contributed by atoms with Crippen molar-refractivity contribution in [1.82, 2.24) is 0 Å². The molecule has 0 heterocycles. The van der Waals surface area contributed by atoms with E-state index >= 15 is 0 Å². The van der Waals surface area contributed by atoms with Gasteiger partial charge in [-0.3, -0.25) is 4.79 Å². The van der Waals surface area contributed by atoms with E-state index in [1.54, 1.807) is 6.92 Å². The second kappa shape index (κ2) is 6.55. The van der Waals surface area contributed by atoms with Gasteiger partial charge >= 0.3 is 0 Å². The summed E-state index contributed by atoms with van der Waals surface area (Å²) in [5, 5.41) is 8.82. The summed E-state index contributed by atoms with van der Waals surface area (Å²) in [7, 11) is 0. The molecule has 0 atom stereocenters. The number of Topliss-reactive ketones (excluding diaryl/α,β-unsaturated/α-hetero) is 1. The fourth-order valence-corrected chi connectivity index (χ4v) is 2.50. The molecule has 0 aliphatic heterocycles. The third-order valence-corrected chi connectivity index (χ3v) is 3.45. The second-order valence-corrected chi connectivity index (χ2v) is 5.14. The maximum absolute atomic E-state index is 11.3. The van der Waals surface area contributed by atoms with Gasteiger partial charge < -0.3 is 9.84 Å². The van der Waals surface area contributed by atoms with Crippen molar-refractivity contribution in [3.05, 3.63) is 53.1 Å². The van der Waals surface area contributed by atoms with Crippen molar-refractivity contribution in [3.8, 4) is 16.9 Å². The molecule has 0 spiro atoms. The van der Waals surface area contributed by atoms with E-state index in [0.717, 1.165) is 33.6 Å². The average molecular weight is 284 g/mol. The molecule has 0 bridgehead atoms. The van der Waals surface area contributed by atoms with Crippen LogP contribution in [0, 0.1) is 13.8 Å². The van der Waals surface area contributed by atoms with Crippen molar-refractivity contribution in [3.63, 3.8) is 0 Å². The first-order chi connectivity index (χ1) is 10.0. The number of ether oxygens (including phenoxy) is 1. The van der Waals surface area contributed by atoms with Gasteiger partial charge in [0.1, 0.15) is 12.4 Å². The minimum absolute atomic E-state index is 0.00630. The van der Waals surface area contributed by atoms with Crippen LogP contribution in [-0.2, 0) is 0 Å². The maximum Gasteiger partial charge on any atom is 0.159 e. The molecule has 0 unspecified atom stereocenters. The molecule has 1 N–H and O–H groups in total. The second-order valence-electron chi connectivity index (χ2n) is 5.14. The number of rotatable bonds is 5. The van der Waals surface area contributed by atoms with Crippen LogP contribution in [0.2, 0.25) is 0 Å². The first-order valence-corrected chi connectivity index (χ1v) is 6.99. The van der Waals surface area contributed by atoms with E-state index < -0.39 is 0 Å². The lowest BCUT2D eigenvalue weighted by Gasteiger charge is -2.14. The van der Waals surface area contributed by atoms with E-state index in [0.29, 0.717) is 6.61 Å². The van der Waals surface area contributed by atoms with Crippen molar-refractivity contribution in [2.24, 2.45) is 0 Å². The first-order valence-electron chi connectivity index (χ1n) is 6.99. The summed E-state index contributed by atoms with van der Waals surface area (Å²) in [5.41, 5.74) is 5.18. The predicted octanol–water partition coefficient (Wildman–Crippen LogP) is 3.54. The number of benzene rings is 2. The highest BCUT2D eigenvalue weighted by atomic mass is 16.5. The number of carbonyl (C=O) groups is 1. The van der Waals surface area contributed by atoms with E-state index in [2.05, 4.69) is 0 Å². The molecule has 2 aromatic carbocycles. The Balaban J connectivity index is 2.37. The van der Waals surface area contributed by atoms with Gasteiger partial charge in [0.2, 0.25) is 0 Å². The van der Waals surface area contributed by atoms with Crippen molar-refractivity contribution < 1.29 is 14.6 Å². The molecule has 0 amide bonds. The zero-order chi connectivity index (χ0) is 15.4. The number of aryl methyl sites for hydroxylation is 2. The monoisotopic (exact) mass is 284 g/mol. The van der Waals surface area contributed by atoms with Crippen LogP contribution in [0.25, 0.3) is 11.1 Å². The lowest BCUT2D eigenvalue weighted by molar-refractivity contribution is 0.101. The molecular formula is C18H20O3. The maximum atomic E-state index is 11.3. The number of aliphatic hydroxyl groups is 1. The summed E-state index contributed by atoms with van der Waals surface area (Å²) >= 11 is 0. The zero-order valence-corrected chi connectivity index (χ0v) is 12.6. The van der Waals surface area contributed by atoms with Gasteiger partial charge in [-0.05, 0) is 55.2 Å². The largest absolute Gasteiger partial charge is 0.491 e. The Labute approximate surface area is 125 Å². The standard InChI is InChI=1S/C18H20O3/c1-12-10-17(21-9-8-19)11-13(2)18(12)16-6-4-15(5-7-16)14(3)20/h4-7,10-11,19H,8-9H2,1-3H3. The zero-order valence-electron chi connectivity index (χ0n) is 12.6. The Morgan fingerprint density at radius 2 is 1.67 bits per heavy atom. The Kier molecular flexibility index (Phi) is 4.76. The van der Waals surface area contributed by atoms with Gasteiger partial charge in [0.15, 0.2) is 5.78 Å². The Bertz CT molecular complexity index is 619. The molecule has 2 aromatic rings. The molecular weight excluding hydrogens is 264 g/mol. The molecule has 2 rings (SSSR count). The van der Waals surface area contributed by atoms with Crippen LogP contribution < -0.4 is 4.74 Å². The SMILES string of the molecule is CC(=O)c1ccc(-c2c(C)cc(OCCO)cc2C)cc1. The van der Waals surface area contributed by atoms with Crippen LogP contribution in [0.1, 0.15) is 28.4 Å². The van der Waals surface area contributed by atoms with Crippen molar-refractivity contribution in [2.75, 3.05) is 13.2 Å². The summed E-state index contributed by atoms with van der Waals surface area (Å²) < 4.78 is 5.46. The van der Waals surface area contributed by atoms with E-state index in [-0.39, 0.29) is 12.4 Å². The van der Waals surface area contributed by atoms with Crippen molar-refractivity contribution >= 4 is 5.78 Å². The molecule has 0 saturated carbocycles. The van der Waals surface area contributed by atoms with Crippen LogP contribution >= 0.6 is 0 Å². The molecule has 0 aliphatic rings. The number of hydrogen-bond donors (Lipinski definition) is 1. The molecule has 110 valence electrons. The van der Waals surface area contributed by atoms with E-state index in [9.17, 15) is 4.79 Å². The predicted molar refractivity (Wildman–Crippen MR) is 83.9 cm³/mol. The quantitative estimate of drug-likeness (QED) is 0.854. The molecule has 0 aliphatic carbocycles. The van der Waals surface area contributed by atoms with E-state index in [4.69, 9.17) is 9.84 Å². The van der Waals surface area contributed by atoms with Gasteiger partial charge in [-0.1, -0.05) is 24.3 Å². The normalized spacial score (nSPS) is 10.5. The van der Waals surface area contributed by atoms with Crippen LogP contribution in [0.3, 0.4) is 0 Å². The lowest BCUT2D eigenvalue weighted by atomic mass is 9.94. The highest BCUT2D eigenvalue weighted by Gasteiger charge is 2.09. The third-order valence-electron chi connectivity index (χ3n) is 3.45. The molecule has 0 saturated heterocycles. The first kappa shape index (κ1) is 15.3. The molecule has 21 heavy (non-hydrogen) atoms. The Hall–Kier alpha value is -2.13. The molecule has 3 nitrogen and oxygen atoms in total. The van der Waals surface area contributed by atoms with Gasteiger partial charge in [0.05, 0.1) is 6.61 Å². The molecule has 0 aromatic heterocycles. The summed E-state index contributed by atoms with van der Waals surface area (Å²) in [5.74, 6) is 0.839. The molecule has 0 radical (unpaired) electrons. The number of hydrogen-bond acceptors (Lipinski definition) is 3. The van der Waals surface area contributed by atoms with Gasteiger partial charge in [-0.25, -0.2) is 0 Å².